The van der Waals surface area contributed by atoms with Gasteiger partial charge in [0.1, 0.15) is 5.70 Å². The van der Waals surface area contributed by atoms with Crippen LogP contribution in [0.25, 0.3) is 5.70 Å². The summed E-state index contributed by atoms with van der Waals surface area (Å²) in [5.41, 5.74) is 3.59. The summed E-state index contributed by atoms with van der Waals surface area (Å²) in [5, 5.41) is 2.82. The molecule has 0 spiro atoms. The second kappa shape index (κ2) is 10.2. The van der Waals surface area contributed by atoms with E-state index in [0.717, 1.165) is 17.7 Å². The fourth-order valence-corrected chi connectivity index (χ4v) is 4.03. The van der Waals surface area contributed by atoms with Gasteiger partial charge in [-0.25, -0.2) is 0 Å². The van der Waals surface area contributed by atoms with Gasteiger partial charge in [-0.05, 0) is 60.6 Å². The largest absolute Gasteiger partial charge is 0.416 e. The van der Waals surface area contributed by atoms with Crippen molar-refractivity contribution >= 4 is 23.4 Å². The first kappa shape index (κ1) is 25.8. The van der Waals surface area contributed by atoms with Crippen LogP contribution in [0.5, 0.6) is 0 Å². The van der Waals surface area contributed by atoms with Gasteiger partial charge in [-0.15, -0.1) is 11.8 Å². The number of thioether (sulfide) groups is 1. The molecule has 3 N–H and O–H groups in total. The zero-order chi connectivity index (χ0) is 25.1. The lowest BCUT2D eigenvalue weighted by atomic mass is 10.0. The third kappa shape index (κ3) is 6.19. The van der Waals surface area contributed by atoms with Gasteiger partial charge in [-0.2, -0.15) is 26.3 Å². The summed E-state index contributed by atoms with van der Waals surface area (Å²) in [4.78, 5) is 15.4. The number of carbonyl (C=O) groups excluding carboxylic acids is 1. The van der Waals surface area contributed by atoms with Crippen LogP contribution in [-0.2, 0) is 23.7 Å². The third-order valence-corrected chi connectivity index (χ3v) is 6.13. The molecule has 11 heteroatoms. The number of likely N-dealkylation sites (tertiary alicyclic amines) is 1. The van der Waals surface area contributed by atoms with E-state index in [9.17, 15) is 31.1 Å². The topological polar surface area (TPSA) is 58.4 Å². The van der Waals surface area contributed by atoms with Crippen LogP contribution in [0.15, 0.2) is 53.1 Å². The Kier molecular flexibility index (Phi) is 7.74. The monoisotopic (exact) mass is 503 g/mol. The molecule has 0 saturated carbocycles. The van der Waals surface area contributed by atoms with Crippen molar-refractivity contribution in [3.8, 4) is 0 Å². The maximum absolute atomic E-state index is 13.2. The van der Waals surface area contributed by atoms with Crippen molar-refractivity contribution in [1.29, 1.82) is 0 Å². The van der Waals surface area contributed by atoms with Crippen molar-refractivity contribution in [2.75, 3.05) is 19.3 Å². The number of nitrogens with zero attached hydrogens (tertiary/aromatic N) is 1. The van der Waals surface area contributed by atoms with E-state index in [1.54, 1.807) is 29.2 Å². The molecule has 0 radical (unpaired) electrons. The second-order valence-corrected chi connectivity index (χ2v) is 8.66. The highest BCUT2D eigenvalue weighted by molar-refractivity contribution is 7.98. The standard InChI is InChI=1S/C23H23F6N3OS/c1-34-18-6-4-15(5-7-18)20(19(30)21(33)32-8-2-3-9-32)31-13-14-10-16(22(24,25)26)12-17(11-14)23(27,28)29/h4-7,10-12,31H,2-3,8-9,13,30H2,1H3/b20-19-. The number of nitrogens with two attached hydrogens (primary N) is 1. The van der Waals surface area contributed by atoms with Gasteiger partial charge in [0, 0.05) is 24.5 Å². The Bertz CT molecular complexity index is 1030. The van der Waals surface area contributed by atoms with Gasteiger partial charge in [-0.3, -0.25) is 4.79 Å². The first-order valence-corrected chi connectivity index (χ1v) is 11.6. The van der Waals surface area contributed by atoms with Crippen LogP contribution in [0.3, 0.4) is 0 Å². The molecule has 34 heavy (non-hydrogen) atoms. The quantitative estimate of drug-likeness (QED) is 0.311. The van der Waals surface area contributed by atoms with E-state index in [1.165, 1.54) is 11.8 Å². The SMILES string of the molecule is CSc1ccc(/C(NCc2cc(C(F)(F)F)cc(C(F)(F)F)c2)=C(/N)C(=O)N2CCCC2)cc1. The van der Waals surface area contributed by atoms with Gasteiger partial charge >= 0.3 is 12.4 Å². The molecule has 1 heterocycles. The van der Waals surface area contributed by atoms with E-state index in [2.05, 4.69) is 5.32 Å². The highest BCUT2D eigenvalue weighted by Gasteiger charge is 2.37. The third-order valence-electron chi connectivity index (χ3n) is 5.39. The molecule has 0 bridgehead atoms. The summed E-state index contributed by atoms with van der Waals surface area (Å²) in [6, 6.07) is 8.30. The average Bonchev–Trinajstić information content (AvgIpc) is 3.32. The zero-order valence-electron chi connectivity index (χ0n) is 18.2. The number of carbonyl (C=O) groups is 1. The van der Waals surface area contributed by atoms with Crippen molar-refractivity contribution < 1.29 is 31.1 Å². The number of hydrogen-bond acceptors (Lipinski definition) is 4. The lowest BCUT2D eigenvalue weighted by Crippen LogP contribution is -2.34. The molecule has 3 rings (SSSR count). The minimum Gasteiger partial charge on any atom is -0.393 e. The van der Waals surface area contributed by atoms with Crippen LogP contribution in [0.1, 0.15) is 35.1 Å². The Hall–Kier alpha value is -2.82. The molecule has 0 unspecified atom stereocenters. The second-order valence-electron chi connectivity index (χ2n) is 7.78. The van der Waals surface area contributed by atoms with Crippen molar-refractivity contribution in [2.24, 2.45) is 5.73 Å². The summed E-state index contributed by atoms with van der Waals surface area (Å²) in [6.45, 7) is 0.655. The average molecular weight is 504 g/mol. The first-order chi connectivity index (χ1) is 15.9. The number of benzene rings is 2. The van der Waals surface area contributed by atoms with Crippen LogP contribution in [0, 0.1) is 0 Å². The van der Waals surface area contributed by atoms with Crippen molar-refractivity contribution in [2.45, 2.75) is 36.6 Å². The molecule has 1 saturated heterocycles. The molecular weight excluding hydrogens is 480 g/mol. The predicted octanol–water partition coefficient (Wildman–Crippen LogP) is 5.49. The van der Waals surface area contributed by atoms with Gasteiger partial charge in [-0.1, -0.05) is 12.1 Å². The van der Waals surface area contributed by atoms with E-state index in [-0.39, 0.29) is 23.0 Å². The van der Waals surface area contributed by atoms with E-state index in [1.807, 2.05) is 6.26 Å². The Morgan fingerprint density at radius 1 is 0.971 bits per heavy atom. The van der Waals surface area contributed by atoms with Crippen LogP contribution in [0.4, 0.5) is 26.3 Å². The minimum atomic E-state index is -4.95. The first-order valence-electron chi connectivity index (χ1n) is 10.4. The summed E-state index contributed by atoms with van der Waals surface area (Å²) in [6.07, 6.45) is -6.37. The number of hydrogen-bond donors (Lipinski definition) is 2. The van der Waals surface area contributed by atoms with E-state index in [0.29, 0.717) is 30.8 Å². The molecule has 184 valence electrons. The van der Waals surface area contributed by atoms with E-state index >= 15 is 0 Å². The lowest BCUT2D eigenvalue weighted by molar-refractivity contribution is -0.143. The summed E-state index contributed by atoms with van der Waals surface area (Å²) in [5.74, 6) is -0.436. The summed E-state index contributed by atoms with van der Waals surface area (Å²) >= 11 is 1.49. The van der Waals surface area contributed by atoms with Crippen LogP contribution in [0.2, 0.25) is 0 Å². The fraction of sp³-hybridized carbons (Fsp3) is 0.348. The van der Waals surface area contributed by atoms with Crippen LogP contribution >= 0.6 is 11.8 Å². The molecule has 1 aliphatic rings. The Balaban J connectivity index is 1.98. The van der Waals surface area contributed by atoms with Gasteiger partial charge in [0.2, 0.25) is 0 Å². The number of alkyl halides is 6. The van der Waals surface area contributed by atoms with E-state index in [4.69, 9.17) is 5.73 Å². The molecule has 0 atom stereocenters. The zero-order valence-corrected chi connectivity index (χ0v) is 19.0. The molecule has 2 aromatic rings. The lowest BCUT2D eigenvalue weighted by Gasteiger charge is -2.20. The number of halogens is 6. The smallest absolute Gasteiger partial charge is 0.393 e. The molecule has 1 aliphatic heterocycles. The maximum atomic E-state index is 13.2. The fourth-order valence-electron chi connectivity index (χ4n) is 3.62. The minimum absolute atomic E-state index is 0.0760. The number of rotatable bonds is 6. The molecule has 0 aliphatic carbocycles. The van der Waals surface area contributed by atoms with Gasteiger partial charge in [0.25, 0.3) is 5.91 Å². The number of nitrogens with one attached hydrogen (secondary N) is 1. The molecular formula is C23H23F6N3OS. The van der Waals surface area contributed by atoms with E-state index < -0.39 is 35.9 Å². The Morgan fingerprint density at radius 3 is 1.97 bits per heavy atom. The predicted molar refractivity (Wildman–Crippen MR) is 118 cm³/mol. The van der Waals surface area contributed by atoms with Crippen molar-refractivity contribution in [3.05, 3.63) is 70.4 Å². The summed E-state index contributed by atoms with van der Waals surface area (Å²) in [7, 11) is 0. The molecule has 4 nitrogen and oxygen atoms in total. The van der Waals surface area contributed by atoms with Crippen molar-refractivity contribution in [3.63, 3.8) is 0 Å². The normalized spacial score (nSPS) is 15.3. The number of amides is 1. The maximum Gasteiger partial charge on any atom is 0.416 e. The highest BCUT2D eigenvalue weighted by atomic mass is 32.2. The van der Waals surface area contributed by atoms with Gasteiger partial charge < -0.3 is 16.0 Å². The summed E-state index contributed by atoms with van der Waals surface area (Å²) < 4.78 is 79.3. The van der Waals surface area contributed by atoms with Crippen LogP contribution < -0.4 is 11.1 Å². The highest BCUT2D eigenvalue weighted by Crippen LogP contribution is 2.36. The molecule has 2 aromatic carbocycles. The molecule has 1 amide bonds. The Labute approximate surface area is 197 Å². The molecule has 0 aromatic heterocycles. The van der Waals surface area contributed by atoms with Gasteiger partial charge in [0.15, 0.2) is 0 Å². The molecule has 1 fully saturated rings. The van der Waals surface area contributed by atoms with Crippen LogP contribution in [-0.4, -0.2) is 30.2 Å². The van der Waals surface area contributed by atoms with Crippen molar-refractivity contribution in [1.82, 2.24) is 10.2 Å². The van der Waals surface area contributed by atoms with Gasteiger partial charge in [0.05, 0.1) is 16.8 Å². The Morgan fingerprint density at radius 2 is 1.50 bits per heavy atom.